The van der Waals surface area contributed by atoms with Gasteiger partial charge in [0.2, 0.25) is 0 Å². The quantitative estimate of drug-likeness (QED) is 0.807. The molecule has 0 unspecified atom stereocenters. The van der Waals surface area contributed by atoms with E-state index in [4.69, 9.17) is 5.11 Å². The van der Waals surface area contributed by atoms with Crippen LogP contribution in [0.15, 0.2) is 17.2 Å². The number of anilines is 1. The van der Waals surface area contributed by atoms with Gasteiger partial charge in [-0.25, -0.2) is 4.98 Å². The van der Waals surface area contributed by atoms with Crippen LogP contribution in [0.2, 0.25) is 0 Å². The first-order valence-electron chi connectivity index (χ1n) is 6.51. The normalized spacial score (nSPS) is 10.7. The summed E-state index contributed by atoms with van der Waals surface area (Å²) < 4.78 is 1.61. The summed E-state index contributed by atoms with van der Waals surface area (Å²) in [4.78, 5) is 28.8. The smallest absolute Gasteiger partial charge is 0.305 e. The highest BCUT2D eigenvalue weighted by Gasteiger charge is 2.17. The predicted molar refractivity (Wildman–Crippen MR) is 73.5 cm³/mol. The average Bonchev–Trinajstić information content (AvgIpc) is 2.33. The molecule has 0 spiro atoms. The molecule has 0 amide bonds. The van der Waals surface area contributed by atoms with Crippen LogP contribution in [0, 0.1) is 0 Å². The summed E-state index contributed by atoms with van der Waals surface area (Å²) in [6.45, 7) is 6.75. The van der Waals surface area contributed by atoms with Gasteiger partial charge in [0, 0.05) is 31.5 Å². The first kappa shape index (κ1) is 15.2. The zero-order valence-electron chi connectivity index (χ0n) is 11.7. The van der Waals surface area contributed by atoms with Crippen LogP contribution >= 0.6 is 0 Å². The van der Waals surface area contributed by atoms with Crippen LogP contribution < -0.4 is 10.5 Å². The molecule has 0 bridgehead atoms. The molecule has 0 aliphatic rings. The van der Waals surface area contributed by atoms with E-state index in [1.807, 2.05) is 20.8 Å². The highest BCUT2D eigenvalue weighted by molar-refractivity contribution is 5.67. The molecule has 1 rings (SSSR count). The van der Waals surface area contributed by atoms with Crippen molar-refractivity contribution in [2.75, 3.05) is 11.4 Å². The van der Waals surface area contributed by atoms with Crippen LogP contribution in [0.25, 0.3) is 0 Å². The fraction of sp³-hybridized carbons (Fsp3) is 0.615. The first-order chi connectivity index (χ1) is 8.97. The summed E-state index contributed by atoms with van der Waals surface area (Å²) in [6, 6.07) is 0.0250. The molecule has 6 heteroatoms. The van der Waals surface area contributed by atoms with E-state index in [1.165, 1.54) is 0 Å². The minimum atomic E-state index is -0.879. The molecule has 0 aliphatic carbocycles. The van der Waals surface area contributed by atoms with Crippen molar-refractivity contribution in [1.82, 2.24) is 9.55 Å². The molecule has 0 aromatic carbocycles. The van der Waals surface area contributed by atoms with Crippen LogP contribution in [0.3, 0.4) is 0 Å². The van der Waals surface area contributed by atoms with E-state index < -0.39 is 5.97 Å². The van der Waals surface area contributed by atoms with E-state index in [1.54, 1.807) is 21.9 Å². The van der Waals surface area contributed by atoms with Crippen molar-refractivity contribution in [3.8, 4) is 0 Å². The van der Waals surface area contributed by atoms with Crippen molar-refractivity contribution >= 4 is 11.8 Å². The van der Waals surface area contributed by atoms with Crippen LogP contribution in [-0.2, 0) is 11.3 Å². The van der Waals surface area contributed by atoms with E-state index in [-0.39, 0.29) is 24.6 Å². The molecule has 1 aromatic heterocycles. The third-order valence-electron chi connectivity index (χ3n) is 2.82. The Bertz CT molecular complexity index is 482. The Morgan fingerprint density at radius 3 is 2.74 bits per heavy atom. The maximum atomic E-state index is 12.3. The second kappa shape index (κ2) is 6.92. The van der Waals surface area contributed by atoms with Crippen molar-refractivity contribution in [3.05, 3.63) is 22.7 Å². The average molecular weight is 267 g/mol. The van der Waals surface area contributed by atoms with Gasteiger partial charge in [0.05, 0.1) is 6.42 Å². The summed E-state index contributed by atoms with van der Waals surface area (Å²) >= 11 is 0. The Balaban J connectivity index is 3.05. The third kappa shape index (κ3) is 4.08. The minimum absolute atomic E-state index is 0.0119. The lowest BCUT2D eigenvalue weighted by atomic mass is 10.3. The molecule has 106 valence electrons. The first-order valence-corrected chi connectivity index (χ1v) is 6.51. The Hall–Kier alpha value is -1.85. The Labute approximate surface area is 112 Å². The Morgan fingerprint density at radius 2 is 2.21 bits per heavy atom. The molecule has 0 fully saturated rings. The van der Waals surface area contributed by atoms with Gasteiger partial charge in [0.15, 0.2) is 5.82 Å². The molecule has 19 heavy (non-hydrogen) atoms. The number of hydrogen-bond acceptors (Lipinski definition) is 4. The number of rotatable bonds is 7. The van der Waals surface area contributed by atoms with Gasteiger partial charge < -0.3 is 14.6 Å². The molecule has 6 nitrogen and oxygen atoms in total. The number of hydrogen-bond donors (Lipinski definition) is 1. The van der Waals surface area contributed by atoms with E-state index in [0.717, 1.165) is 6.42 Å². The van der Waals surface area contributed by atoms with Crippen LogP contribution in [0.1, 0.15) is 33.6 Å². The highest BCUT2D eigenvalue weighted by atomic mass is 16.4. The molecule has 0 aliphatic heterocycles. The van der Waals surface area contributed by atoms with Gasteiger partial charge in [-0.15, -0.1) is 0 Å². The van der Waals surface area contributed by atoms with Crippen molar-refractivity contribution in [2.24, 2.45) is 0 Å². The Morgan fingerprint density at radius 1 is 1.53 bits per heavy atom. The lowest BCUT2D eigenvalue weighted by molar-refractivity contribution is -0.136. The fourth-order valence-corrected chi connectivity index (χ4v) is 1.87. The molecular formula is C13H21N3O3. The summed E-state index contributed by atoms with van der Waals surface area (Å²) in [6.07, 6.45) is 4.09. The second-order valence-corrected chi connectivity index (χ2v) is 4.68. The largest absolute Gasteiger partial charge is 0.481 e. The van der Waals surface area contributed by atoms with Gasteiger partial charge in [-0.2, -0.15) is 0 Å². The molecule has 1 aromatic rings. The van der Waals surface area contributed by atoms with Gasteiger partial charge >= 0.3 is 5.97 Å². The maximum Gasteiger partial charge on any atom is 0.305 e. The molecular weight excluding hydrogens is 246 g/mol. The van der Waals surface area contributed by atoms with Crippen molar-refractivity contribution in [1.29, 1.82) is 0 Å². The van der Waals surface area contributed by atoms with E-state index in [2.05, 4.69) is 4.98 Å². The highest BCUT2D eigenvalue weighted by Crippen LogP contribution is 2.09. The number of carboxylic acids is 1. The molecule has 0 atom stereocenters. The maximum absolute atomic E-state index is 12.3. The van der Waals surface area contributed by atoms with Crippen LogP contribution in [-0.4, -0.2) is 33.2 Å². The van der Waals surface area contributed by atoms with E-state index in [9.17, 15) is 9.59 Å². The van der Waals surface area contributed by atoms with Gasteiger partial charge in [-0.3, -0.25) is 9.59 Å². The number of carbonyl (C=O) groups is 1. The van der Waals surface area contributed by atoms with Crippen LogP contribution in [0.4, 0.5) is 5.82 Å². The fourth-order valence-electron chi connectivity index (χ4n) is 1.87. The third-order valence-corrected chi connectivity index (χ3v) is 2.82. The molecule has 1 N–H and O–H groups in total. The van der Waals surface area contributed by atoms with Gasteiger partial charge in [0.25, 0.3) is 5.56 Å². The van der Waals surface area contributed by atoms with Gasteiger partial charge in [-0.1, -0.05) is 6.92 Å². The predicted octanol–water partition coefficient (Wildman–Crippen LogP) is 1.34. The Kier molecular flexibility index (Phi) is 5.54. The van der Waals surface area contributed by atoms with Crippen LogP contribution in [0.5, 0.6) is 0 Å². The second-order valence-electron chi connectivity index (χ2n) is 4.68. The monoisotopic (exact) mass is 267 g/mol. The van der Waals surface area contributed by atoms with Crippen molar-refractivity contribution < 1.29 is 9.90 Å². The number of aromatic nitrogens is 2. The summed E-state index contributed by atoms with van der Waals surface area (Å²) in [5.41, 5.74) is -0.163. The summed E-state index contributed by atoms with van der Waals surface area (Å²) in [5, 5.41) is 8.77. The zero-order chi connectivity index (χ0) is 14.4. The minimum Gasteiger partial charge on any atom is -0.481 e. The van der Waals surface area contributed by atoms with E-state index in [0.29, 0.717) is 12.4 Å². The topological polar surface area (TPSA) is 75.4 Å². The SMILES string of the molecule is CCCn1ccnc(N(CCC(=O)O)C(C)C)c1=O. The summed E-state index contributed by atoms with van der Waals surface area (Å²) in [7, 11) is 0. The van der Waals surface area contributed by atoms with E-state index >= 15 is 0 Å². The lowest BCUT2D eigenvalue weighted by Crippen LogP contribution is -2.39. The molecule has 0 radical (unpaired) electrons. The number of aliphatic carboxylic acids is 1. The standard InChI is InChI=1S/C13H21N3O3/c1-4-7-15-9-6-14-12(13(15)19)16(10(2)3)8-5-11(17)18/h6,9-10H,4-5,7-8H2,1-3H3,(H,17,18). The number of nitrogens with zero attached hydrogens (tertiary/aromatic N) is 3. The molecule has 0 saturated heterocycles. The summed E-state index contributed by atoms with van der Waals surface area (Å²) in [5.74, 6) is -0.553. The van der Waals surface area contributed by atoms with Crippen molar-refractivity contribution in [2.45, 2.75) is 46.2 Å². The van der Waals surface area contributed by atoms with Gasteiger partial charge in [0.1, 0.15) is 0 Å². The van der Waals surface area contributed by atoms with Crippen molar-refractivity contribution in [3.63, 3.8) is 0 Å². The molecule has 0 saturated carbocycles. The molecule has 1 heterocycles. The van der Waals surface area contributed by atoms with Gasteiger partial charge in [-0.05, 0) is 20.3 Å². The lowest BCUT2D eigenvalue weighted by Gasteiger charge is -2.26. The number of aryl methyl sites for hydroxylation is 1. The zero-order valence-corrected chi connectivity index (χ0v) is 11.7. The number of carboxylic acid groups (broad SMARTS) is 1.